The summed E-state index contributed by atoms with van der Waals surface area (Å²) in [4.78, 5) is 0. The fraction of sp³-hybridized carbons (Fsp3) is 0.400. The number of aliphatic hydroxyl groups excluding tert-OH is 1. The van der Waals surface area contributed by atoms with Gasteiger partial charge >= 0.3 is 0 Å². The first-order chi connectivity index (χ1) is 7.48. The highest BCUT2D eigenvalue weighted by Gasteiger charge is 2.36. The fourth-order valence-corrected chi connectivity index (χ4v) is 3.54. The Morgan fingerprint density at radius 1 is 1.31 bits per heavy atom. The molecule has 2 atom stereocenters. The van der Waals surface area contributed by atoms with Gasteiger partial charge in [-0.15, -0.1) is 0 Å². The summed E-state index contributed by atoms with van der Waals surface area (Å²) in [5.74, 6) is -0.236. The molecule has 1 aliphatic rings. The number of para-hydroxylation sites is 2. The van der Waals surface area contributed by atoms with Crippen LogP contribution in [-0.4, -0.2) is 37.2 Å². The van der Waals surface area contributed by atoms with Crippen LogP contribution in [0.15, 0.2) is 24.3 Å². The highest BCUT2D eigenvalue weighted by Crippen LogP contribution is 2.22. The van der Waals surface area contributed by atoms with Crippen molar-refractivity contribution in [2.24, 2.45) is 0 Å². The van der Waals surface area contributed by atoms with Gasteiger partial charge in [0.1, 0.15) is 0 Å². The molecule has 2 rings (SSSR count). The van der Waals surface area contributed by atoms with Crippen molar-refractivity contribution < 1.29 is 13.5 Å². The number of hydrogen-bond donors (Lipinski definition) is 3. The van der Waals surface area contributed by atoms with Gasteiger partial charge in [0.25, 0.3) is 0 Å². The topological polar surface area (TPSA) is 92.4 Å². The third-order valence-corrected chi connectivity index (χ3v) is 4.34. The van der Waals surface area contributed by atoms with Crippen molar-refractivity contribution in [1.29, 1.82) is 0 Å². The van der Waals surface area contributed by atoms with Gasteiger partial charge in [-0.2, -0.15) is 0 Å². The van der Waals surface area contributed by atoms with Crippen LogP contribution in [-0.2, 0) is 9.84 Å². The van der Waals surface area contributed by atoms with Crippen LogP contribution in [0.2, 0.25) is 0 Å². The van der Waals surface area contributed by atoms with Gasteiger partial charge in [0.05, 0.1) is 35.0 Å². The van der Waals surface area contributed by atoms with Crippen molar-refractivity contribution in [1.82, 2.24) is 0 Å². The number of nitrogen functional groups attached to an aromatic ring is 1. The van der Waals surface area contributed by atoms with E-state index in [2.05, 4.69) is 5.32 Å². The predicted molar refractivity (Wildman–Crippen MR) is 62.9 cm³/mol. The molecule has 1 saturated heterocycles. The van der Waals surface area contributed by atoms with Crippen molar-refractivity contribution >= 4 is 21.2 Å². The molecule has 88 valence electrons. The van der Waals surface area contributed by atoms with E-state index in [0.29, 0.717) is 11.4 Å². The quantitative estimate of drug-likeness (QED) is 0.627. The Labute approximate surface area is 94.2 Å². The number of hydrogen-bond acceptors (Lipinski definition) is 5. The number of nitrogens with one attached hydrogen (secondary N) is 1. The minimum atomic E-state index is -3.13. The van der Waals surface area contributed by atoms with E-state index in [0.717, 1.165) is 0 Å². The van der Waals surface area contributed by atoms with Gasteiger partial charge < -0.3 is 16.2 Å². The van der Waals surface area contributed by atoms with E-state index in [-0.39, 0.29) is 11.5 Å². The second-order valence-corrected chi connectivity index (χ2v) is 6.14. The number of rotatable bonds is 2. The highest BCUT2D eigenvalue weighted by atomic mass is 32.2. The van der Waals surface area contributed by atoms with E-state index in [1.165, 1.54) is 0 Å². The van der Waals surface area contributed by atoms with Crippen LogP contribution in [0.25, 0.3) is 0 Å². The third-order valence-electron chi connectivity index (χ3n) is 2.62. The van der Waals surface area contributed by atoms with Crippen LogP contribution in [0.5, 0.6) is 0 Å². The van der Waals surface area contributed by atoms with Crippen LogP contribution in [0.4, 0.5) is 11.4 Å². The number of sulfone groups is 1. The molecule has 1 fully saturated rings. The van der Waals surface area contributed by atoms with E-state index >= 15 is 0 Å². The lowest BCUT2D eigenvalue weighted by atomic mass is 10.2. The Bertz CT molecular complexity index is 487. The van der Waals surface area contributed by atoms with E-state index in [4.69, 9.17) is 5.73 Å². The second kappa shape index (κ2) is 3.95. The highest BCUT2D eigenvalue weighted by molar-refractivity contribution is 7.91. The molecule has 1 aromatic rings. The molecule has 1 heterocycles. The van der Waals surface area contributed by atoms with E-state index in [9.17, 15) is 13.5 Å². The van der Waals surface area contributed by atoms with Gasteiger partial charge in [0.15, 0.2) is 9.84 Å². The van der Waals surface area contributed by atoms with Gasteiger partial charge in [-0.05, 0) is 12.1 Å². The Balaban J connectivity index is 2.15. The van der Waals surface area contributed by atoms with E-state index < -0.39 is 22.0 Å². The minimum absolute atomic E-state index is 0.0531. The number of aliphatic hydroxyl groups is 1. The van der Waals surface area contributed by atoms with Crippen molar-refractivity contribution in [3.05, 3.63) is 24.3 Å². The van der Waals surface area contributed by atoms with E-state index in [1.54, 1.807) is 24.3 Å². The average Bonchev–Trinajstić information content (AvgIpc) is 2.44. The van der Waals surface area contributed by atoms with Gasteiger partial charge in [-0.1, -0.05) is 12.1 Å². The van der Waals surface area contributed by atoms with Crippen molar-refractivity contribution in [2.75, 3.05) is 22.6 Å². The molecule has 5 nitrogen and oxygen atoms in total. The molecule has 1 aliphatic heterocycles. The molecule has 6 heteroatoms. The van der Waals surface area contributed by atoms with Crippen LogP contribution in [0.3, 0.4) is 0 Å². The average molecular weight is 242 g/mol. The minimum Gasteiger partial charge on any atom is -0.397 e. The molecular weight excluding hydrogens is 228 g/mol. The van der Waals surface area contributed by atoms with Gasteiger partial charge in [0, 0.05) is 0 Å². The summed E-state index contributed by atoms with van der Waals surface area (Å²) in [5.41, 5.74) is 6.92. The Kier molecular flexibility index (Phi) is 2.77. The molecule has 0 aromatic heterocycles. The molecule has 0 amide bonds. The van der Waals surface area contributed by atoms with Gasteiger partial charge in [0.2, 0.25) is 0 Å². The zero-order valence-corrected chi connectivity index (χ0v) is 9.44. The molecule has 0 aliphatic carbocycles. The first-order valence-corrected chi connectivity index (χ1v) is 6.79. The summed E-state index contributed by atoms with van der Waals surface area (Å²) >= 11 is 0. The molecule has 16 heavy (non-hydrogen) atoms. The maximum absolute atomic E-state index is 11.3. The number of benzene rings is 1. The Hall–Kier alpha value is -1.27. The van der Waals surface area contributed by atoms with Crippen LogP contribution in [0, 0.1) is 0 Å². The summed E-state index contributed by atoms with van der Waals surface area (Å²) in [6.07, 6.45) is -0.871. The smallest absolute Gasteiger partial charge is 0.155 e. The second-order valence-electron chi connectivity index (χ2n) is 3.98. The summed E-state index contributed by atoms with van der Waals surface area (Å²) in [5, 5.41) is 12.6. The summed E-state index contributed by atoms with van der Waals surface area (Å²) < 4.78 is 22.6. The molecule has 0 bridgehead atoms. The van der Waals surface area contributed by atoms with Crippen LogP contribution >= 0.6 is 0 Å². The lowest BCUT2D eigenvalue weighted by Gasteiger charge is -2.17. The van der Waals surface area contributed by atoms with Crippen LogP contribution < -0.4 is 11.1 Å². The van der Waals surface area contributed by atoms with Gasteiger partial charge in [-0.3, -0.25) is 0 Å². The normalized spacial score (nSPS) is 27.8. The SMILES string of the molecule is Nc1ccccc1N[C@@H]1CS(=O)(=O)C[C@H]1O. The molecule has 4 N–H and O–H groups in total. The largest absolute Gasteiger partial charge is 0.397 e. The molecular formula is C10H14N2O3S. The van der Waals surface area contributed by atoms with Crippen molar-refractivity contribution in [3.63, 3.8) is 0 Å². The van der Waals surface area contributed by atoms with Crippen molar-refractivity contribution in [3.8, 4) is 0 Å². The maximum Gasteiger partial charge on any atom is 0.155 e. The first-order valence-electron chi connectivity index (χ1n) is 4.97. The third kappa shape index (κ3) is 2.28. The molecule has 0 saturated carbocycles. The summed E-state index contributed by atoms with van der Waals surface area (Å²) in [6, 6.07) is 6.59. The Morgan fingerprint density at radius 3 is 2.56 bits per heavy atom. The van der Waals surface area contributed by atoms with Crippen molar-refractivity contribution in [2.45, 2.75) is 12.1 Å². The number of nitrogens with two attached hydrogens (primary N) is 1. The molecule has 0 unspecified atom stereocenters. The summed E-state index contributed by atoms with van der Waals surface area (Å²) in [6.45, 7) is 0. The zero-order valence-electron chi connectivity index (χ0n) is 8.63. The van der Waals surface area contributed by atoms with Gasteiger partial charge in [-0.25, -0.2) is 8.42 Å². The van der Waals surface area contributed by atoms with E-state index in [1.807, 2.05) is 0 Å². The molecule has 1 aromatic carbocycles. The standard InChI is InChI=1S/C10H14N2O3S/c11-7-3-1-2-4-8(7)12-9-5-16(14,15)6-10(9)13/h1-4,9-10,12-13H,5-6,11H2/t9-,10-/m1/s1. The first kappa shape index (κ1) is 11.2. The lowest BCUT2D eigenvalue weighted by molar-refractivity contribution is 0.190. The molecule has 0 radical (unpaired) electrons. The monoisotopic (exact) mass is 242 g/mol. The predicted octanol–water partition coefficient (Wildman–Crippen LogP) is -0.161. The fourth-order valence-electron chi connectivity index (χ4n) is 1.80. The zero-order chi connectivity index (χ0) is 11.8. The van der Waals surface area contributed by atoms with Crippen LogP contribution in [0.1, 0.15) is 0 Å². The lowest BCUT2D eigenvalue weighted by Crippen LogP contribution is -2.32. The molecule has 0 spiro atoms. The number of anilines is 2. The summed E-state index contributed by atoms with van der Waals surface area (Å²) in [7, 11) is -3.13. The maximum atomic E-state index is 11.3. The Morgan fingerprint density at radius 2 is 2.00 bits per heavy atom.